The predicted molar refractivity (Wildman–Crippen MR) is 173 cm³/mol. The molecule has 2 aliphatic rings. The van der Waals surface area contributed by atoms with Crippen LogP contribution in [0.2, 0.25) is 0 Å². The largest absolute Gasteiger partial charge is 0.493 e. The van der Waals surface area contributed by atoms with Gasteiger partial charge in [0, 0.05) is 42.0 Å². The second-order valence-electron chi connectivity index (χ2n) is 13.6. The van der Waals surface area contributed by atoms with Crippen LogP contribution in [-0.4, -0.2) is 42.4 Å². The van der Waals surface area contributed by atoms with Crippen LogP contribution in [-0.2, 0) is 20.7 Å². The summed E-state index contributed by atoms with van der Waals surface area (Å²) in [5.74, 6) is 1.46. The lowest BCUT2D eigenvalue weighted by atomic mass is 9.93. The third kappa shape index (κ3) is 7.43. The quantitative estimate of drug-likeness (QED) is 0.218. The Bertz CT molecular complexity index is 1430. The average Bonchev–Trinajstić information content (AvgIpc) is 3.55. The Morgan fingerprint density at radius 3 is 2.20 bits per heavy atom. The molecule has 0 N–H and O–H groups in total. The highest BCUT2D eigenvalue weighted by Crippen LogP contribution is 2.47. The molecule has 2 fully saturated rings. The van der Waals surface area contributed by atoms with Gasteiger partial charge in [-0.25, -0.2) is 9.18 Å². The number of ether oxygens (including phenoxy) is 3. The van der Waals surface area contributed by atoms with Crippen LogP contribution in [0.3, 0.4) is 0 Å². The van der Waals surface area contributed by atoms with E-state index in [1.165, 1.54) is 31.4 Å². The normalized spacial score (nSPS) is 18.9. The molecule has 6 nitrogen and oxygen atoms in total. The lowest BCUT2D eigenvalue weighted by molar-refractivity contribution is -0.171. The van der Waals surface area contributed by atoms with Crippen LogP contribution in [0, 0.1) is 31.5 Å². The molecule has 0 amide bonds. The summed E-state index contributed by atoms with van der Waals surface area (Å²) < 4.78 is 31.6. The number of anilines is 1. The van der Waals surface area contributed by atoms with Crippen molar-refractivity contribution >= 4 is 11.7 Å². The molecule has 236 valence electrons. The number of carbonyl (C=O) groups is 1. The first-order valence-electron chi connectivity index (χ1n) is 16.0. The number of carbonyl (C=O) groups excluding carboxylic acids is 1. The SMILES string of the molecule is Cc1nc(C)c([C@H](OC(C)(C)C)C(=O)OC(C)C)c(N2CC3CCCC3C2)c1-c1ccc(OCCc2ccc(F)cc2)cc1. The number of rotatable bonds is 10. The van der Waals surface area contributed by atoms with E-state index >= 15 is 0 Å². The first-order valence-corrected chi connectivity index (χ1v) is 16.0. The molecule has 1 aliphatic carbocycles. The van der Waals surface area contributed by atoms with Crippen molar-refractivity contribution in [1.29, 1.82) is 0 Å². The third-order valence-corrected chi connectivity index (χ3v) is 8.64. The monoisotopic (exact) mass is 602 g/mol. The standard InChI is InChI=1S/C37H47FN2O4/c1-23(2)43-36(41)35(44-37(5,6)7)33-25(4)39-24(3)32(34(33)40-21-28-9-8-10-29(28)22-40)27-13-17-31(18-14-27)42-20-19-26-11-15-30(38)16-12-26/h11-18,23,28-29,35H,8-10,19-22H2,1-7H3/t28?,29?,35-/m0/s1. The number of nitrogens with zero attached hydrogens (tertiary/aromatic N) is 2. The lowest BCUT2D eigenvalue weighted by Gasteiger charge is -2.33. The van der Waals surface area contributed by atoms with E-state index in [4.69, 9.17) is 19.2 Å². The number of aromatic nitrogens is 1. The third-order valence-electron chi connectivity index (χ3n) is 8.64. The van der Waals surface area contributed by atoms with Gasteiger partial charge in [-0.3, -0.25) is 4.98 Å². The van der Waals surface area contributed by atoms with Gasteiger partial charge in [0.2, 0.25) is 0 Å². The molecule has 2 unspecified atom stereocenters. The average molecular weight is 603 g/mol. The maximum atomic E-state index is 13.7. The predicted octanol–water partition coefficient (Wildman–Crippen LogP) is 8.17. The van der Waals surface area contributed by atoms with Gasteiger partial charge in [0.05, 0.1) is 24.0 Å². The van der Waals surface area contributed by atoms with Gasteiger partial charge in [-0.2, -0.15) is 0 Å². The molecule has 2 heterocycles. The molecular formula is C37H47FN2O4. The number of aryl methyl sites for hydroxylation is 2. The summed E-state index contributed by atoms with van der Waals surface area (Å²) in [5, 5.41) is 0. The van der Waals surface area contributed by atoms with Crippen molar-refractivity contribution in [3.05, 3.63) is 76.9 Å². The van der Waals surface area contributed by atoms with E-state index in [1.54, 1.807) is 12.1 Å². The van der Waals surface area contributed by atoms with Crippen LogP contribution in [0.5, 0.6) is 5.75 Å². The van der Waals surface area contributed by atoms with Gasteiger partial charge in [-0.15, -0.1) is 0 Å². The van der Waals surface area contributed by atoms with Crippen molar-refractivity contribution in [2.75, 3.05) is 24.6 Å². The fourth-order valence-electron chi connectivity index (χ4n) is 6.78. The van der Waals surface area contributed by atoms with Crippen molar-refractivity contribution in [2.45, 2.75) is 92.0 Å². The zero-order chi connectivity index (χ0) is 31.6. The zero-order valence-corrected chi connectivity index (χ0v) is 27.3. The van der Waals surface area contributed by atoms with E-state index in [1.807, 2.05) is 60.6 Å². The summed E-state index contributed by atoms with van der Waals surface area (Å²) in [6, 6.07) is 14.6. The smallest absolute Gasteiger partial charge is 0.340 e. The van der Waals surface area contributed by atoms with Crippen LogP contribution in [0.25, 0.3) is 11.1 Å². The maximum Gasteiger partial charge on any atom is 0.340 e. The molecular weight excluding hydrogens is 555 g/mol. The van der Waals surface area contributed by atoms with E-state index in [0.29, 0.717) is 24.9 Å². The number of esters is 1. The summed E-state index contributed by atoms with van der Waals surface area (Å²) in [7, 11) is 0. The summed E-state index contributed by atoms with van der Waals surface area (Å²) in [5.41, 5.74) is 6.01. The fraction of sp³-hybridized carbons (Fsp3) is 0.514. The molecule has 5 rings (SSSR count). The number of hydrogen-bond acceptors (Lipinski definition) is 6. The van der Waals surface area contributed by atoms with E-state index in [-0.39, 0.29) is 17.9 Å². The molecule has 3 atom stereocenters. The van der Waals surface area contributed by atoms with E-state index in [2.05, 4.69) is 17.0 Å². The number of benzene rings is 2. The molecule has 1 saturated carbocycles. The lowest BCUT2D eigenvalue weighted by Crippen LogP contribution is -2.33. The minimum atomic E-state index is -0.909. The summed E-state index contributed by atoms with van der Waals surface area (Å²) in [4.78, 5) is 21.2. The van der Waals surface area contributed by atoms with Gasteiger partial charge in [0.1, 0.15) is 11.6 Å². The highest BCUT2D eigenvalue weighted by atomic mass is 19.1. The van der Waals surface area contributed by atoms with Gasteiger partial charge >= 0.3 is 5.97 Å². The molecule has 1 aliphatic heterocycles. The summed E-state index contributed by atoms with van der Waals surface area (Å²) in [6.07, 6.45) is 3.30. The minimum Gasteiger partial charge on any atom is -0.493 e. The highest BCUT2D eigenvalue weighted by Gasteiger charge is 2.41. The number of fused-ring (bicyclic) bond motifs is 1. The molecule has 7 heteroatoms. The van der Waals surface area contributed by atoms with Crippen LogP contribution >= 0.6 is 0 Å². The van der Waals surface area contributed by atoms with E-state index < -0.39 is 11.7 Å². The van der Waals surface area contributed by atoms with Gasteiger partial charge < -0.3 is 19.1 Å². The Kier molecular flexibility index (Phi) is 9.64. The molecule has 0 spiro atoms. The summed E-state index contributed by atoms with van der Waals surface area (Å²) >= 11 is 0. The van der Waals surface area contributed by atoms with Crippen LogP contribution < -0.4 is 9.64 Å². The molecule has 3 aromatic rings. The number of halogens is 1. The van der Waals surface area contributed by atoms with Gasteiger partial charge in [-0.1, -0.05) is 30.7 Å². The van der Waals surface area contributed by atoms with Crippen molar-refractivity contribution in [1.82, 2.24) is 4.98 Å². The van der Waals surface area contributed by atoms with Crippen molar-refractivity contribution in [2.24, 2.45) is 11.8 Å². The maximum absolute atomic E-state index is 13.7. The van der Waals surface area contributed by atoms with E-state index in [9.17, 15) is 9.18 Å². The van der Waals surface area contributed by atoms with Gasteiger partial charge in [0.15, 0.2) is 6.10 Å². The second-order valence-corrected chi connectivity index (χ2v) is 13.6. The molecule has 1 saturated heterocycles. The molecule has 1 aromatic heterocycles. The number of pyridine rings is 1. The van der Waals surface area contributed by atoms with Crippen LogP contribution in [0.15, 0.2) is 48.5 Å². The van der Waals surface area contributed by atoms with E-state index in [0.717, 1.165) is 58.2 Å². The van der Waals surface area contributed by atoms with Crippen molar-refractivity contribution < 1.29 is 23.4 Å². The Morgan fingerprint density at radius 1 is 0.977 bits per heavy atom. The van der Waals surface area contributed by atoms with Gasteiger partial charge in [-0.05, 0) is 109 Å². The number of hydrogen-bond donors (Lipinski definition) is 0. The molecule has 44 heavy (non-hydrogen) atoms. The fourth-order valence-corrected chi connectivity index (χ4v) is 6.78. The Hall–Kier alpha value is -3.45. The Morgan fingerprint density at radius 2 is 1.61 bits per heavy atom. The first kappa shape index (κ1) is 32.0. The molecule has 2 aromatic carbocycles. The Labute approximate surface area is 261 Å². The minimum absolute atomic E-state index is 0.237. The van der Waals surface area contributed by atoms with Crippen molar-refractivity contribution in [3.8, 4) is 16.9 Å². The zero-order valence-electron chi connectivity index (χ0n) is 27.3. The van der Waals surface area contributed by atoms with Crippen molar-refractivity contribution in [3.63, 3.8) is 0 Å². The Balaban J connectivity index is 1.53. The highest BCUT2D eigenvalue weighted by molar-refractivity contribution is 5.88. The molecule has 0 bridgehead atoms. The summed E-state index contributed by atoms with van der Waals surface area (Å²) in [6.45, 7) is 16.1. The van der Waals surface area contributed by atoms with Gasteiger partial charge in [0.25, 0.3) is 0 Å². The molecule has 0 radical (unpaired) electrons. The topological polar surface area (TPSA) is 60.9 Å². The van der Waals surface area contributed by atoms with Crippen LogP contribution in [0.1, 0.15) is 82.5 Å². The first-order chi connectivity index (χ1) is 20.9. The van der Waals surface area contributed by atoms with Crippen LogP contribution in [0.4, 0.5) is 10.1 Å². The second kappa shape index (κ2) is 13.3.